The SMILES string of the molecule is O=C(N=Nc1c(O)n(CCOc2ccc3ccccc3c2)c2ccccc12)c1ccccc1Cl. The maximum absolute atomic E-state index is 12.5. The fourth-order valence-corrected chi connectivity index (χ4v) is 4.11. The Kier molecular flexibility index (Phi) is 5.97. The minimum atomic E-state index is -0.582. The van der Waals surface area contributed by atoms with Gasteiger partial charge in [0, 0.05) is 5.39 Å². The number of aromatic nitrogens is 1. The van der Waals surface area contributed by atoms with E-state index in [1.165, 1.54) is 0 Å². The normalized spacial score (nSPS) is 11.4. The highest BCUT2D eigenvalue weighted by atomic mass is 35.5. The molecule has 1 N–H and O–H groups in total. The molecule has 7 heteroatoms. The van der Waals surface area contributed by atoms with Crippen LogP contribution in [0.15, 0.2) is 101 Å². The maximum Gasteiger partial charge on any atom is 0.296 e. The van der Waals surface area contributed by atoms with Crippen molar-refractivity contribution in [2.75, 3.05) is 6.61 Å². The van der Waals surface area contributed by atoms with Crippen LogP contribution in [0.5, 0.6) is 11.6 Å². The highest BCUT2D eigenvalue weighted by Crippen LogP contribution is 2.39. The van der Waals surface area contributed by atoms with Crippen LogP contribution in [0.3, 0.4) is 0 Å². The number of fused-ring (bicyclic) bond motifs is 2. The second kappa shape index (κ2) is 9.37. The van der Waals surface area contributed by atoms with Crippen LogP contribution in [0.2, 0.25) is 5.02 Å². The number of hydrogen-bond donors (Lipinski definition) is 1. The van der Waals surface area contributed by atoms with Gasteiger partial charge < -0.3 is 14.4 Å². The number of aromatic hydroxyl groups is 1. The van der Waals surface area contributed by atoms with E-state index in [-0.39, 0.29) is 17.1 Å². The van der Waals surface area contributed by atoms with Crippen molar-refractivity contribution in [1.29, 1.82) is 0 Å². The van der Waals surface area contributed by atoms with Crippen LogP contribution in [0, 0.1) is 0 Å². The Morgan fingerprint density at radius 3 is 2.50 bits per heavy atom. The van der Waals surface area contributed by atoms with E-state index in [1.54, 1.807) is 28.8 Å². The largest absolute Gasteiger partial charge is 0.493 e. The first-order valence-corrected chi connectivity index (χ1v) is 11.1. The van der Waals surface area contributed by atoms with Crippen molar-refractivity contribution in [3.05, 3.63) is 102 Å². The lowest BCUT2D eigenvalue weighted by atomic mass is 10.1. The maximum atomic E-state index is 12.5. The van der Waals surface area contributed by atoms with Crippen molar-refractivity contribution in [3.63, 3.8) is 0 Å². The van der Waals surface area contributed by atoms with Gasteiger partial charge in [-0.1, -0.05) is 72.3 Å². The van der Waals surface area contributed by atoms with E-state index in [4.69, 9.17) is 16.3 Å². The summed E-state index contributed by atoms with van der Waals surface area (Å²) in [6.07, 6.45) is 0. The lowest BCUT2D eigenvalue weighted by Crippen LogP contribution is -2.07. The summed E-state index contributed by atoms with van der Waals surface area (Å²) in [6.45, 7) is 0.715. The average Bonchev–Trinajstić information content (AvgIpc) is 3.13. The van der Waals surface area contributed by atoms with Crippen LogP contribution >= 0.6 is 11.6 Å². The molecule has 1 heterocycles. The van der Waals surface area contributed by atoms with Crippen LogP contribution < -0.4 is 4.74 Å². The van der Waals surface area contributed by atoms with E-state index in [2.05, 4.69) is 16.3 Å². The molecule has 5 rings (SSSR count). The number of carbonyl (C=O) groups is 1. The summed E-state index contributed by atoms with van der Waals surface area (Å²) < 4.78 is 7.64. The van der Waals surface area contributed by atoms with Crippen molar-refractivity contribution in [2.24, 2.45) is 10.2 Å². The molecule has 0 saturated heterocycles. The average molecular weight is 470 g/mol. The van der Waals surface area contributed by atoms with Gasteiger partial charge in [0.2, 0.25) is 5.88 Å². The second-order valence-corrected chi connectivity index (χ2v) is 8.09. The molecule has 34 heavy (non-hydrogen) atoms. The molecule has 0 aliphatic rings. The fourth-order valence-electron chi connectivity index (χ4n) is 3.89. The summed E-state index contributed by atoms with van der Waals surface area (Å²) in [5, 5.41) is 22.0. The molecule has 1 amide bonds. The van der Waals surface area contributed by atoms with Gasteiger partial charge >= 0.3 is 0 Å². The number of para-hydroxylation sites is 1. The van der Waals surface area contributed by atoms with Gasteiger partial charge in [0.05, 0.1) is 22.6 Å². The zero-order valence-electron chi connectivity index (χ0n) is 18.1. The molecule has 0 fully saturated rings. The summed E-state index contributed by atoms with van der Waals surface area (Å²) >= 11 is 6.08. The standard InChI is InChI=1S/C27H20ClN3O3/c28-23-11-5-3-9-21(23)26(32)30-29-25-22-10-4-6-12-24(22)31(27(25)33)15-16-34-20-14-13-18-7-1-2-8-19(18)17-20/h1-14,17,33H,15-16H2. The quantitative estimate of drug-likeness (QED) is 0.268. The molecule has 168 valence electrons. The van der Waals surface area contributed by atoms with Gasteiger partial charge in [0.1, 0.15) is 12.4 Å². The molecular weight excluding hydrogens is 450 g/mol. The zero-order chi connectivity index (χ0) is 23.5. The van der Waals surface area contributed by atoms with Crippen LogP contribution in [0.1, 0.15) is 10.4 Å². The number of azo groups is 1. The third-order valence-electron chi connectivity index (χ3n) is 5.57. The molecule has 5 aromatic rings. The highest BCUT2D eigenvalue weighted by Gasteiger charge is 2.17. The Morgan fingerprint density at radius 2 is 1.65 bits per heavy atom. The van der Waals surface area contributed by atoms with Crippen molar-refractivity contribution in [1.82, 2.24) is 4.57 Å². The summed E-state index contributed by atoms with van der Waals surface area (Å²) in [5.41, 5.74) is 1.24. The van der Waals surface area contributed by atoms with Crippen molar-refractivity contribution in [3.8, 4) is 11.6 Å². The lowest BCUT2D eigenvalue weighted by molar-refractivity contribution is 0.0995. The highest BCUT2D eigenvalue weighted by molar-refractivity contribution is 6.33. The molecule has 0 atom stereocenters. The Hall–Kier alpha value is -4.16. The summed E-state index contributed by atoms with van der Waals surface area (Å²) in [6, 6.07) is 28.0. The van der Waals surface area contributed by atoms with Crippen molar-refractivity contribution in [2.45, 2.75) is 6.54 Å². The first kappa shape index (κ1) is 21.7. The molecule has 0 saturated carbocycles. The molecule has 0 aliphatic carbocycles. The summed E-state index contributed by atoms with van der Waals surface area (Å²) in [4.78, 5) is 12.5. The third-order valence-corrected chi connectivity index (χ3v) is 5.90. The molecule has 0 aliphatic heterocycles. The van der Waals surface area contributed by atoms with E-state index in [0.29, 0.717) is 23.6 Å². The van der Waals surface area contributed by atoms with Gasteiger partial charge in [-0.05, 0) is 41.1 Å². The minimum Gasteiger partial charge on any atom is -0.493 e. The summed E-state index contributed by atoms with van der Waals surface area (Å²) in [5.74, 6) is 0.0837. The molecule has 0 bridgehead atoms. The fraction of sp³-hybridized carbons (Fsp3) is 0.0741. The Labute approximate surface area is 200 Å². The number of ether oxygens (including phenoxy) is 1. The monoisotopic (exact) mass is 469 g/mol. The van der Waals surface area contributed by atoms with Gasteiger partial charge in [0.25, 0.3) is 5.91 Å². The van der Waals surface area contributed by atoms with Gasteiger partial charge in [-0.3, -0.25) is 4.79 Å². The Morgan fingerprint density at radius 1 is 0.912 bits per heavy atom. The first-order valence-electron chi connectivity index (χ1n) is 10.7. The number of halogens is 1. The minimum absolute atomic E-state index is 0.0842. The number of hydrogen-bond acceptors (Lipinski definition) is 4. The van der Waals surface area contributed by atoms with Gasteiger partial charge in [-0.2, -0.15) is 0 Å². The van der Waals surface area contributed by atoms with Crippen molar-refractivity contribution < 1.29 is 14.6 Å². The van der Waals surface area contributed by atoms with Crippen molar-refractivity contribution >= 4 is 44.9 Å². The third kappa shape index (κ3) is 4.23. The van der Waals surface area contributed by atoms with E-state index in [9.17, 15) is 9.90 Å². The number of benzene rings is 4. The number of amides is 1. The van der Waals surface area contributed by atoms with Gasteiger partial charge in [-0.15, -0.1) is 10.2 Å². The predicted molar refractivity (Wildman–Crippen MR) is 133 cm³/mol. The van der Waals surface area contributed by atoms with E-state index >= 15 is 0 Å². The van der Waals surface area contributed by atoms with Gasteiger partial charge in [0.15, 0.2) is 5.69 Å². The number of rotatable bonds is 6. The number of nitrogens with zero attached hydrogens (tertiary/aromatic N) is 3. The number of carbonyl (C=O) groups excluding carboxylic acids is 1. The van der Waals surface area contributed by atoms with E-state index < -0.39 is 5.91 Å². The molecule has 0 spiro atoms. The molecule has 6 nitrogen and oxygen atoms in total. The molecule has 1 aromatic heterocycles. The molecular formula is C27H20ClN3O3. The second-order valence-electron chi connectivity index (χ2n) is 7.68. The molecule has 0 unspecified atom stereocenters. The Balaban J connectivity index is 1.38. The Bertz CT molecular complexity index is 1540. The molecule has 4 aromatic carbocycles. The topological polar surface area (TPSA) is 76.2 Å². The van der Waals surface area contributed by atoms with E-state index in [1.807, 2.05) is 60.7 Å². The summed E-state index contributed by atoms with van der Waals surface area (Å²) in [7, 11) is 0. The van der Waals surface area contributed by atoms with Gasteiger partial charge in [-0.25, -0.2) is 0 Å². The smallest absolute Gasteiger partial charge is 0.296 e. The molecule has 0 radical (unpaired) electrons. The first-order chi connectivity index (χ1) is 16.6. The van der Waals surface area contributed by atoms with E-state index in [0.717, 1.165) is 22.0 Å². The van der Waals surface area contributed by atoms with Crippen LogP contribution in [-0.4, -0.2) is 22.2 Å². The van der Waals surface area contributed by atoms with Crippen LogP contribution in [0.25, 0.3) is 21.7 Å². The zero-order valence-corrected chi connectivity index (χ0v) is 18.8. The van der Waals surface area contributed by atoms with Crippen LogP contribution in [0.4, 0.5) is 5.69 Å². The predicted octanol–water partition coefficient (Wildman–Crippen LogP) is 7.16. The van der Waals surface area contributed by atoms with Crippen LogP contribution in [-0.2, 0) is 6.54 Å². The lowest BCUT2D eigenvalue weighted by Gasteiger charge is -2.10.